The van der Waals surface area contributed by atoms with E-state index in [1.54, 1.807) is 0 Å². The molecule has 0 heterocycles. The van der Waals surface area contributed by atoms with Crippen LogP contribution in [-0.4, -0.2) is 13.3 Å². The Kier molecular flexibility index (Phi) is 2.12. The number of hydrogen-bond donors (Lipinski definition) is 0. The zero-order valence-corrected chi connectivity index (χ0v) is 18.5. The molecule has 0 aliphatic rings. The normalized spacial score (nSPS) is 20.7. The minimum atomic E-state index is -6.48. The molecule has 0 N–H and O–H groups in total. The molecule has 4 aromatic carbocycles. The number of hydrogen-bond acceptors (Lipinski definition) is 0. The van der Waals surface area contributed by atoms with Crippen molar-refractivity contribution in [3.05, 3.63) is 118 Å². The summed E-state index contributed by atoms with van der Waals surface area (Å²) >= 11 is -0.396. The van der Waals surface area contributed by atoms with E-state index in [-0.39, 0.29) is 0 Å². The average molecular weight is 557 g/mol. The molecule has 0 radical (unpaired) electrons. The number of rotatable bonds is 4. The first-order valence-corrected chi connectivity index (χ1v) is 13.2. The Balaban J connectivity index is 2.69. The fourth-order valence-electron chi connectivity index (χ4n) is 2.64. The summed E-state index contributed by atoms with van der Waals surface area (Å²) in [5.74, 6) is 0. The van der Waals surface area contributed by atoms with Gasteiger partial charge in [0.2, 0.25) is 0 Å². The van der Waals surface area contributed by atoms with Crippen molar-refractivity contribution in [1.82, 2.24) is 0 Å². The monoisotopic (exact) mass is 556 g/mol. The SMILES string of the molecule is [2H]c1c([2H])c([2H])[c]([Ge]([c]2c([2H])c([2H])c([2H])c([2H])c2[2H])([c]2c([2H])c([2H])c([2H])c(Br)c2[2H])[c]2c([2H])c([2H])c([2H])c(Br)c2[2H])c([2H])c1[2H]. The Labute approximate surface area is 205 Å². The maximum absolute atomic E-state index is 9.10. The Bertz CT molecular complexity index is 1580. The molecule has 0 aliphatic carbocycles. The van der Waals surface area contributed by atoms with Gasteiger partial charge in [-0.3, -0.25) is 0 Å². The first kappa shape index (κ1) is 7.01. The van der Waals surface area contributed by atoms with E-state index in [0.29, 0.717) is 0 Å². The molecule has 132 valence electrons. The molecule has 0 aromatic heterocycles. The molecule has 0 unspecified atom stereocenters. The second kappa shape index (κ2) is 8.17. The van der Waals surface area contributed by atoms with Crippen LogP contribution in [0.4, 0.5) is 0 Å². The summed E-state index contributed by atoms with van der Waals surface area (Å²) < 4.78 is 152. The van der Waals surface area contributed by atoms with Crippen LogP contribution >= 0.6 is 31.9 Å². The molecule has 0 nitrogen and oxygen atoms in total. The number of benzene rings is 4. The molecule has 0 saturated carbocycles. The predicted molar refractivity (Wildman–Crippen MR) is 125 cm³/mol. The van der Waals surface area contributed by atoms with Crippen LogP contribution in [0.1, 0.15) is 24.7 Å². The van der Waals surface area contributed by atoms with Gasteiger partial charge >= 0.3 is 205 Å². The van der Waals surface area contributed by atoms with Crippen LogP contribution in [0.15, 0.2) is 118 Å². The molecule has 0 spiro atoms. The van der Waals surface area contributed by atoms with E-state index in [0.717, 1.165) is 0 Å². The van der Waals surface area contributed by atoms with Gasteiger partial charge in [0.1, 0.15) is 0 Å². The van der Waals surface area contributed by atoms with Gasteiger partial charge in [0.05, 0.1) is 0 Å². The second-order valence-corrected chi connectivity index (χ2v) is 14.1. The predicted octanol–water partition coefficient (Wildman–Crippen LogP) is 4.59. The van der Waals surface area contributed by atoms with Gasteiger partial charge in [-0.05, 0) is 0 Å². The molecule has 0 bridgehead atoms. The summed E-state index contributed by atoms with van der Waals surface area (Å²) in [7, 11) is 0. The van der Waals surface area contributed by atoms with Crippen molar-refractivity contribution in [2.24, 2.45) is 0 Å². The molecule has 27 heavy (non-hydrogen) atoms. The Morgan fingerprint density at radius 2 is 0.852 bits per heavy atom. The van der Waals surface area contributed by atoms with E-state index in [9.17, 15) is 0 Å². The van der Waals surface area contributed by atoms with E-state index < -0.39 is 149 Å². The van der Waals surface area contributed by atoms with E-state index in [2.05, 4.69) is 31.9 Å². The summed E-state index contributed by atoms with van der Waals surface area (Å²) in [6, 6.07) is -16.0. The molecule has 0 fully saturated rings. The molecular formula is C24H18Br2Ge. The standard InChI is InChI=1S/C24H18Br2Ge/c25-19-9-7-15-23(17-19)27(21-11-3-1-4-12-21,22-13-5-2-6-14-22)24-16-8-10-20(26)18-24/h1-18H/i1D,2D,3D,4D,5D,6D,7D,8D,9D,10D,11D,12D,13D,14D,15D,16D,17D,18D. The third-order valence-corrected chi connectivity index (χ3v) is 12.9. The van der Waals surface area contributed by atoms with Gasteiger partial charge in [0.25, 0.3) is 0 Å². The van der Waals surface area contributed by atoms with Crippen molar-refractivity contribution in [2.75, 3.05) is 0 Å². The summed E-state index contributed by atoms with van der Waals surface area (Å²) in [5, 5.41) is 0. The van der Waals surface area contributed by atoms with Crippen LogP contribution in [0.5, 0.6) is 0 Å². The van der Waals surface area contributed by atoms with Crippen LogP contribution in [0.2, 0.25) is 0 Å². The molecular weight excluding hydrogens is 521 g/mol. The molecule has 0 saturated heterocycles. The summed E-state index contributed by atoms with van der Waals surface area (Å²) in [5.41, 5.74) is 0. The quantitative estimate of drug-likeness (QED) is 0.323. The Hall–Kier alpha value is -1.62. The van der Waals surface area contributed by atoms with Crippen LogP contribution in [-0.2, 0) is 0 Å². The summed E-state index contributed by atoms with van der Waals surface area (Å²) in [6.07, 6.45) is 0. The van der Waals surface area contributed by atoms with Crippen LogP contribution in [0, 0.1) is 0 Å². The molecule has 4 aromatic rings. The third-order valence-electron chi connectivity index (χ3n) is 3.69. The zero-order chi connectivity index (χ0) is 34.4. The van der Waals surface area contributed by atoms with E-state index in [1.807, 2.05) is 0 Å². The fourth-order valence-corrected chi connectivity index (χ4v) is 11.6. The van der Waals surface area contributed by atoms with Gasteiger partial charge in [-0.15, -0.1) is 0 Å². The van der Waals surface area contributed by atoms with E-state index in [1.165, 1.54) is 0 Å². The van der Waals surface area contributed by atoms with Gasteiger partial charge < -0.3 is 0 Å². The first-order chi connectivity index (χ1) is 20.7. The van der Waals surface area contributed by atoms with Crippen molar-refractivity contribution >= 4 is 62.7 Å². The maximum atomic E-state index is 9.10. The van der Waals surface area contributed by atoms with Crippen LogP contribution in [0.25, 0.3) is 0 Å². The molecule has 0 amide bonds. The molecule has 4 rings (SSSR count). The molecule has 3 heteroatoms. The van der Waals surface area contributed by atoms with Crippen molar-refractivity contribution < 1.29 is 24.7 Å². The van der Waals surface area contributed by atoms with E-state index >= 15 is 0 Å². The second-order valence-electron chi connectivity index (χ2n) is 5.13. The van der Waals surface area contributed by atoms with Gasteiger partial charge in [-0.25, -0.2) is 0 Å². The Morgan fingerprint density at radius 3 is 1.26 bits per heavy atom. The molecule has 0 aliphatic heterocycles. The van der Waals surface area contributed by atoms with Gasteiger partial charge in [0.15, 0.2) is 0 Å². The van der Waals surface area contributed by atoms with Gasteiger partial charge in [-0.2, -0.15) is 0 Å². The van der Waals surface area contributed by atoms with Crippen LogP contribution < -0.4 is 17.6 Å². The van der Waals surface area contributed by atoms with Crippen molar-refractivity contribution in [3.63, 3.8) is 0 Å². The Morgan fingerprint density at radius 1 is 0.481 bits per heavy atom. The zero-order valence-electron chi connectivity index (χ0n) is 31.3. The van der Waals surface area contributed by atoms with Crippen molar-refractivity contribution in [3.8, 4) is 0 Å². The van der Waals surface area contributed by atoms with Gasteiger partial charge in [-0.1, -0.05) is 0 Å². The van der Waals surface area contributed by atoms with Gasteiger partial charge in [0, 0.05) is 0 Å². The van der Waals surface area contributed by atoms with Crippen molar-refractivity contribution in [1.29, 1.82) is 0 Å². The topological polar surface area (TPSA) is 0 Å². The minimum absolute atomic E-state index is 0.423. The van der Waals surface area contributed by atoms with Crippen LogP contribution in [0.3, 0.4) is 0 Å². The molecule has 0 atom stereocenters. The summed E-state index contributed by atoms with van der Waals surface area (Å²) in [4.78, 5) is 0. The van der Waals surface area contributed by atoms with E-state index in [4.69, 9.17) is 24.7 Å². The average Bonchev–Trinajstić information content (AvgIpc) is 3.00. The summed E-state index contributed by atoms with van der Waals surface area (Å²) in [6.45, 7) is 0. The number of halogens is 2. The third kappa shape index (κ3) is 3.58. The van der Waals surface area contributed by atoms with Crippen molar-refractivity contribution in [2.45, 2.75) is 0 Å². The fraction of sp³-hybridized carbons (Fsp3) is 0. The first-order valence-electron chi connectivity index (χ1n) is 16.4.